The summed E-state index contributed by atoms with van der Waals surface area (Å²) in [5.74, 6) is 1.59. The van der Waals surface area contributed by atoms with E-state index in [4.69, 9.17) is 14.2 Å². The molecule has 362 valence electrons. The molecule has 0 aliphatic carbocycles. The molecule has 0 N–H and O–H groups in total. The topological polar surface area (TPSA) is 78.9 Å². The van der Waals surface area contributed by atoms with Gasteiger partial charge in [-0.2, -0.15) is 0 Å². The maximum Gasteiger partial charge on any atom is 0.306 e. The Morgan fingerprint density at radius 2 is 0.475 bits per heavy atom. The van der Waals surface area contributed by atoms with Crippen molar-refractivity contribution in [3.63, 3.8) is 0 Å². The smallest absolute Gasteiger partial charge is 0.306 e. The van der Waals surface area contributed by atoms with Gasteiger partial charge in [0.05, 0.1) is 0 Å². The number of hydrogen-bond acceptors (Lipinski definition) is 6. The van der Waals surface area contributed by atoms with E-state index in [9.17, 15) is 14.4 Å². The number of rotatable bonds is 48. The zero-order valence-electron chi connectivity index (χ0n) is 42.0. The Hall–Kier alpha value is -1.59. The Morgan fingerprint density at radius 3 is 0.705 bits per heavy atom. The third-order valence-electron chi connectivity index (χ3n) is 12.4. The fraction of sp³-hybridized carbons (Fsp3) is 0.945. The summed E-state index contributed by atoms with van der Waals surface area (Å²) >= 11 is 0. The van der Waals surface area contributed by atoms with Gasteiger partial charge in [0.25, 0.3) is 0 Å². The van der Waals surface area contributed by atoms with Crippen molar-refractivity contribution in [1.82, 2.24) is 0 Å². The van der Waals surface area contributed by atoms with Crippen LogP contribution in [0.1, 0.15) is 298 Å². The molecule has 0 amide bonds. The number of ether oxygens (including phenoxy) is 3. The first-order valence-electron chi connectivity index (χ1n) is 27.1. The first kappa shape index (κ1) is 59.4. The van der Waals surface area contributed by atoms with Crippen LogP contribution >= 0.6 is 0 Å². The molecule has 0 fully saturated rings. The van der Waals surface area contributed by atoms with Crippen LogP contribution in [-0.4, -0.2) is 37.2 Å². The summed E-state index contributed by atoms with van der Waals surface area (Å²) in [6.07, 6.45) is 46.8. The lowest BCUT2D eigenvalue weighted by Gasteiger charge is -2.18. The molecule has 0 aromatic rings. The minimum Gasteiger partial charge on any atom is -0.462 e. The summed E-state index contributed by atoms with van der Waals surface area (Å²) < 4.78 is 16.8. The number of hydrogen-bond donors (Lipinski definition) is 0. The summed E-state index contributed by atoms with van der Waals surface area (Å²) in [6.45, 7) is 13.7. The van der Waals surface area contributed by atoms with Gasteiger partial charge in [-0.25, -0.2) is 0 Å². The van der Waals surface area contributed by atoms with E-state index in [-0.39, 0.29) is 31.1 Å². The number of esters is 3. The lowest BCUT2D eigenvalue weighted by atomic mass is 10.0. The van der Waals surface area contributed by atoms with Gasteiger partial charge in [-0.1, -0.05) is 260 Å². The highest BCUT2D eigenvalue weighted by Crippen LogP contribution is 2.18. The maximum absolute atomic E-state index is 12.8. The second-order valence-corrected chi connectivity index (χ2v) is 20.3. The fourth-order valence-electron chi connectivity index (χ4n) is 8.29. The van der Waals surface area contributed by atoms with E-state index in [1.165, 1.54) is 180 Å². The minimum absolute atomic E-state index is 0.0650. The van der Waals surface area contributed by atoms with Gasteiger partial charge in [0.15, 0.2) is 6.10 Å². The van der Waals surface area contributed by atoms with Crippen LogP contribution in [0.15, 0.2) is 0 Å². The molecule has 0 heterocycles. The highest BCUT2D eigenvalue weighted by molar-refractivity contribution is 5.71. The molecule has 6 heteroatoms. The molecular weight excluding hydrogens is 757 g/mol. The molecule has 0 saturated carbocycles. The van der Waals surface area contributed by atoms with E-state index in [0.29, 0.717) is 19.3 Å². The lowest BCUT2D eigenvalue weighted by molar-refractivity contribution is -0.167. The first-order chi connectivity index (χ1) is 29.6. The fourth-order valence-corrected chi connectivity index (χ4v) is 8.29. The van der Waals surface area contributed by atoms with Crippen LogP contribution in [-0.2, 0) is 28.6 Å². The quantitative estimate of drug-likeness (QED) is 0.0344. The van der Waals surface area contributed by atoms with Gasteiger partial charge in [-0.05, 0) is 37.0 Å². The molecule has 0 bridgehead atoms. The van der Waals surface area contributed by atoms with Crippen molar-refractivity contribution in [2.45, 2.75) is 304 Å². The molecule has 0 spiro atoms. The molecule has 0 saturated heterocycles. The lowest BCUT2D eigenvalue weighted by Crippen LogP contribution is -2.30. The van der Waals surface area contributed by atoms with Gasteiger partial charge in [-0.15, -0.1) is 0 Å². The minimum atomic E-state index is -0.763. The standard InChI is InChI=1S/C55H106O6/c1-49(2)41-35-29-23-18-15-13-11-9-7-8-10-12-14-16-20-26-32-38-44-53(56)59-47-52(48-60-54(57)45-39-33-28-22-25-31-37-43-51(5)6)61-55(58)46-40-34-27-21-17-19-24-30-36-42-50(3)4/h49-52H,7-48H2,1-6H3/t52-/m0/s1. The molecule has 1 atom stereocenters. The second kappa shape index (κ2) is 46.4. The van der Waals surface area contributed by atoms with E-state index in [1.54, 1.807) is 0 Å². The molecule has 0 rings (SSSR count). The summed E-state index contributed by atoms with van der Waals surface area (Å²) in [7, 11) is 0. The average Bonchev–Trinajstić information content (AvgIpc) is 3.22. The van der Waals surface area contributed by atoms with Crippen LogP contribution in [0.5, 0.6) is 0 Å². The summed E-state index contributed by atoms with van der Waals surface area (Å²) in [5, 5.41) is 0. The van der Waals surface area contributed by atoms with Gasteiger partial charge < -0.3 is 14.2 Å². The van der Waals surface area contributed by atoms with Crippen molar-refractivity contribution in [2.75, 3.05) is 13.2 Å². The van der Waals surface area contributed by atoms with Crippen molar-refractivity contribution in [1.29, 1.82) is 0 Å². The summed E-state index contributed by atoms with van der Waals surface area (Å²) in [5.41, 5.74) is 0. The predicted octanol–water partition coefficient (Wildman–Crippen LogP) is 17.6. The zero-order chi connectivity index (χ0) is 44.9. The number of unbranched alkanes of at least 4 members (excludes halogenated alkanes) is 31. The molecule has 0 aliphatic rings. The highest BCUT2D eigenvalue weighted by Gasteiger charge is 2.19. The van der Waals surface area contributed by atoms with E-state index < -0.39 is 6.10 Å². The van der Waals surface area contributed by atoms with Crippen molar-refractivity contribution in [2.24, 2.45) is 17.8 Å². The van der Waals surface area contributed by atoms with Crippen LogP contribution < -0.4 is 0 Å². The molecule has 0 aromatic carbocycles. The largest absolute Gasteiger partial charge is 0.462 e. The van der Waals surface area contributed by atoms with Crippen molar-refractivity contribution in [3.8, 4) is 0 Å². The maximum atomic E-state index is 12.8. The van der Waals surface area contributed by atoms with Crippen LogP contribution in [0.2, 0.25) is 0 Å². The summed E-state index contributed by atoms with van der Waals surface area (Å²) in [4.78, 5) is 37.9. The van der Waals surface area contributed by atoms with E-state index in [1.807, 2.05) is 0 Å². The molecule has 0 aliphatic heterocycles. The van der Waals surface area contributed by atoms with Crippen molar-refractivity contribution in [3.05, 3.63) is 0 Å². The zero-order valence-corrected chi connectivity index (χ0v) is 42.0. The second-order valence-electron chi connectivity index (χ2n) is 20.3. The Morgan fingerprint density at radius 1 is 0.279 bits per heavy atom. The van der Waals surface area contributed by atoms with E-state index in [0.717, 1.165) is 75.5 Å². The molecule has 6 nitrogen and oxygen atoms in total. The van der Waals surface area contributed by atoms with E-state index in [2.05, 4.69) is 41.5 Å². The van der Waals surface area contributed by atoms with Crippen LogP contribution in [0.4, 0.5) is 0 Å². The van der Waals surface area contributed by atoms with Gasteiger partial charge in [0, 0.05) is 19.3 Å². The van der Waals surface area contributed by atoms with Crippen molar-refractivity contribution >= 4 is 17.9 Å². The van der Waals surface area contributed by atoms with Crippen LogP contribution in [0, 0.1) is 17.8 Å². The van der Waals surface area contributed by atoms with Crippen molar-refractivity contribution < 1.29 is 28.6 Å². The Bertz CT molecular complexity index is 945. The Balaban J connectivity index is 4.19. The van der Waals surface area contributed by atoms with Crippen LogP contribution in [0.3, 0.4) is 0 Å². The molecule has 0 radical (unpaired) electrons. The van der Waals surface area contributed by atoms with Gasteiger partial charge >= 0.3 is 17.9 Å². The monoisotopic (exact) mass is 863 g/mol. The average molecular weight is 863 g/mol. The van der Waals surface area contributed by atoms with Gasteiger partial charge in [0.2, 0.25) is 0 Å². The molecule has 0 aromatic heterocycles. The van der Waals surface area contributed by atoms with Gasteiger partial charge in [0.1, 0.15) is 13.2 Å². The highest BCUT2D eigenvalue weighted by atomic mass is 16.6. The number of carbonyl (C=O) groups excluding carboxylic acids is 3. The molecule has 0 unspecified atom stereocenters. The SMILES string of the molecule is CC(C)CCCCCCCCCCCCCCCCCCCCC(=O)OC[C@@H](COC(=O)CCCCCCCCCC(C)C)OC(=O)CCCCCCCCCCCC(C)C. The number of carbonyl (C=O) groups is 3. The van der Waals surface area contributed by atoms with Crippen LogP contribution in [0.25, 0.3) is 0 Å². The molecule has 61 heavy (non-hydrogen) atoms. The summed E-state index contributed by atoms with van der Waals surface area (Å²) in [6, 6.07) is 0. The third-order valence-corrected chi connectivity index (χ3v) is 12.4. The first-order valence-corrected chi connectivity index (χ1v) is 27.1. The third kappa shape index (κ3) is 49.3. The Labute approximate surface area is 380 Å². The van der Waals surface area contributed by atoms with Gasteiger partial charge in [-0.3, -0.25) is 14.4 Å². The predicted molar refractivity (Wildman–Crippen MR) is 261 cm³/mol. The normalized spacial score (nSPS) is 12.1. The Kier molecular flexibility index (Phi) is 45.2. The molecular formula is C55H106O6. The van der Waals surface area contributed by atoms with E-state index >= 15 is 0 Å².